The number of unbranched alkanes of at least 4 members (excludes halogenated alkanes) is 2. The molecule has 1 fully saturated rings. The van der Waals surface area contributed by atoms with E-state index in [4.69, 9.17) is 32.5 Å². The van der Waals surface area contributed by atoms with E-state index in [0.29, 0.717) is 71.5 Å². The van der Waals surface area contributed by atoms with Crippen LogP contribution in [-0.2, 0) is 20.8 Å². The summed E-state index contributed by atoms with van der Waals surface area (Å²) in [7, 11) is 0. The van der Waals surface area contributed by atoms with Gasteiger partial charge in [-0.25, -0.2) is 0 Å². The fourth-order valence-corrected chi connectivity index (χ4v) is 5.79. The summed E-state index contributed by atoms with van der Waals surface area (Å²) in [6.45, 7) is 4.54. The topological polar surface area (TPSA) is 164 Å². The molecule has 1 heterocycles. The number of rotatable bonds is 18. The van der Waals surface area contributed by atoms with Gasteiger partial charge in [0.2, 0.25) is 11.0 Å². The summed E-state index contributed by atoms with van der Waals surface area (Å²) in [4.78, 5) is 53.0. The molecular weight excluding hydrogens is 663 g/mol. The second-order valence-corrected chi connectivity index (χ2v) is 13.3. The van der Waals surface area contributed by atoms with Gasteiger partial charge in [0.05, 0.1) is 29.5 Å². The number of nitrogens with zero attached hydrogens (tertiary/aromatic N) is 1. The Kier molecular flexibility index (Phi) is 14.8. The number of Topliss-reactive ketones (excluding diaryl/α,β-unsaturated/α-hetero) is 1. The van der Waals surface area contributed by atoms with E-state index in [2.05, 4.69) is 10.3 Å². The van der Waals surface area contributed by atoms with Gasteiger partial charge < -0.3 is 26.3 Å². The Labute approximate surface area is 290 Å². The first kappa shape index (κ1) is 38.1. The first-order chi connectivity index (χ1) is 22.0. The molecular formula is C34H42Cl2N4O6S. The van der Waals surface area contributed by atoms with Gasteiger partial charge in [-0.2, -0.15) is 0 Å². The Morgan fingerprint density at radius 2 is 1.83 bits per heavy atom. The summed E-state index contributed by atoms with van der Waals surface area (Å²) in [5, 5.41) is 3.65. The second-order valence-electron chi connectivity index (χ2n) is 11.9. The Morgan fingerprint density at radius 1 is 1.06 bits per heavy atom. The average Bonchev–Trinajstić information content (AvgIpc) is 3.83. The maximum atomic E-state index is 12.3. The zero-order valence-corrected chi connectivity index (χ0v) is 29.0. The normalized spacial score (nSPS) is 13.1. The Balaban J connectivity index is 0.00000600. The van der Waals surface area contributed by atoms with Gasteiger partial charge in [-0.15, -0.1) is 12.4 Å². The number of amides is 2. The largest absolute Gasteiger partial charge is 0.493 e. The predicted molar refractivity (Wildman–Crippen MR) is 188 cm³/mol. The Morgan fingerprint density at radius 3 is 2.51 bits per heavy atom. The molecule has 2 aromatic carbocycles. The van der Waals surface area contributed by atoms with Crippen LogP contribution in [0.5, 0.6) is 17.2 Å². The van der Waals surface area contributed by atoms with Crippen molar-refractivity contribution in [2.75, 3.05) is 18.9 Å². The molecule has 3 aromatic rings. The first-order valence-electron chi connectivity index (χ1n) is 15.5. The molecule has 4 rings (SSSR count). The van der Waals surface area contributed by atoms with Crippen LogP contribution in [0.3, 0.4) is 0 Å². The van der Waals surface area contributed by atoms with E-state index in [1.807, 2.05) is 13.8 Å². The fourth-order valence-electron chi connectivity index (χ4n) is 4.71. The van der Waals surface area contributed by atoms with Gasteiger partial charge >= 0.3 is 0 Å². The minimum Gasteiger partial charge on any atom is -0.493 e. The van der Waals surface area contributed by atoms with E-state index in [1.54, 1.807) is 42.6 Å². The number of benzene rings is 2. The molecule has 5 N–H and O–H groups in total. The third kappa shape index (κ3) is 11.7. The number of thioether (sulfide) groups is 1. The number of pyridine rings is 1. The van der Waals surface area contributed by atoms with Gasteiger partial charge in [0.25, 0.3) is 5.91 Å². The van der Waals surface area contributed by atoms with Crippen LogP contribution in [-0.4, -0.2) is 52.6 Å². The molecule has 0 bridgehead atoms. The lowest BCUT2D eigenvalue weighted by molar-refractivity contribution is -0.119. The second kappa shape index (κ2) is 18.2. The van der Waals surface area contributed by atoms with Crippen LogP contribution in [0.4, 0.5) is 0 Å². The lowest BCUT2D eigenvalue weighted by Gasteiger charge is -2.14. The molecule has 254 valence electrons. The summed E-state index contributed by atoms with van der Waals surface area (Å²) in [6.07, 6.45) is 6.93. The van der Waals surface area contributed by atoms with Crippen molar-refractivity contribution >= 4 is 69.4 Å². The standard InChI is InChI=1S/C34H41ClN4O6S.ClH/c1-20(2)32(36)34(43)46-19-31(41)39-11-4-3-5-13-44-30-18-28-25(17-26(30)33(37)42)29(10-12-38-28)45-24-9-8-22(27(35)16-24)15-23(40)14-21-6-7-21;/h8-10,12,16-18,20-21,32H,3-7,11,13-15,19,36H2,1-2H3,(H2,37,42)(H,39,41);1H/t32-;/m0./s1. The minimum atomic E-state index is -0.650. The van der Waals surface area contributed by atoms with Gasteiger partial charge in [0, 0.05) is 42.1 Å². The number of nitrogens with two attached hydrogens (primary N) is 2. The number of ether oxygens (including phenoxy) is 2. The van der Waals surface area contributed by atoms with E-state index in [9.17, 15) is 19.2 Å². The number of carbonyl (C=O) groups is 4. The SMILES string of the molecule is CC(C)[C@H](N)C(=O)SCC(=O)NCCCCCOc1cc2nccc(Oc3ccc(CC(=O)CC4CC4)c(Cl)c3)c2cc1C(N)=O.Cl. The van der Waals surface area contributed by atoms with Crippen molar-refractivity contribution in [2.24, 2.45) is 23.3 Å². The highest BCUT2D eigenvalue weighted by molar-refractivity contribution is 8.14. The average molecular weight is 706 g/mol. The number of aromatic nitrogens is 1. The van der Waals surface area contributed by atoms with Crippen LogP contribution in [0.1, 0.15) is 68.3 Å². The molecule has 2 amide bonds. The molecule has 1 saturated carbocycles. The molecule has 0 saturated heterocycles. The maximum absolute atomic E-state index is 12.3. The van der Waals surface area contributed by atoms with Crippen molar-refractivity contribution in [3.8, 4) is 17.2 Å². The van der Waals surface area contributed by atoms with Gasteiger partial charge in [-0.1, -0.05) is 43.3 Å². The third-order valence-corrected chi connectivity index (χ3v) is 8.97. The first-order valence-corrected chi connectivity index (χ1v) is 16.9. The van der Waals surface area contributed by atoms with E-state index in [0.717, 1.165) is 43.0 Å². The number of ketones is 1. The van der Waals surface area contributed by atoms with Crippen LogP contribution in [0.2, 0.25) is 5.02 Å². The van der Waals surface area contributed by atoms with Gasteiger partial charge in [-0.3, -0.25) is 24.2 Å². The Bertz CT molecular complexity index is 1580. The number of primary amides is 1. The van der Waals surface area contributed by atoms with Crippen molar-refractivity contribution in [3.63, 3.8) is 0 Å². The lowest BCUT2D eigenvalue weighted by atomic mass is 10.0. The van der Waals surface area contributed by atoms with Crippen LogP contribution in [0.15, 0.2) is 42.6 Å². The number of hydrogen-bond acceptors (Lipinski definition) is 9. The van der Waals surface area contributed by atoms with E-state index in [1.165, 1.54) is 0 Å². The highest BCUT2D eigenvalue weighted by Gasteiger charge is 2.24. The molecule has 0 spiro atoms. The predicted octanol–water partition coefficient (Wildman–Crippen LogP) is 6.02. The quantitative estimate of drug-likeness (QED) is 0.134. The molecule has 1 atom stereocenters. The summed E-state index contributed by atoms with van der Waals surface area (Å²) < 4.78 is 12.0. The number of hydrogen-bond donors (Lipinski definition) is 3. The summed E-state index contributed by atoms with van der Waals surface area (Å²) in [6, 6.07) is 9.61. The third-order valence-electron chi connectivity index (χ3n) is 7.66. The molecule has 1 aromatic heterocycles. The molecule has 10 nitrogen and oxygen atoms in total. The molecule has 13 heteroatoms. The smallest absolute Gasteiger partial charge is 0.252 e. The summed E-state index contributed by atoms with van der Waals surface area (Å²) in [5.41, 5.74) is 13.0. The molecule has 1 aliphatic carbocycles. The van der Waals surface area contributed by atoms with E-state index in [-0.39, 0.29) is 46.4 Å². The number of halogens is 2. The van der Waals surface area contributed by atoms with Crippen LogP contribution < -0.4 is 26.3 Å². The summed E-state index contributed by atoms with van der Waals surface area (Å²) >= 11 is 7.42. The number of fused-ring (bicyclic) bond motifs is 1. The van der Waals surface area contributed by atoms with Crippen LogP contribution in [0.25, 0.3) is 10.9 Å². The van der Waals surface area contributed by atoms with Gasteiger partial charge in [0.15, 0.2) is 0 Å². The number of nitrogens with one attached hydrogen (secondary N) is 1. The van der Waals surface area contributed by atoms with E-state index >= 15 is 0 Å². The van der Waals surface area contributed by atoms with Crippen molar-refractivity contribution < 1.29 is 28.7 Å². The lowest BCUT2D eigenvalue weighted by Crippen LogP contribution is -2.35. The minimum absolute atomic E-state index is 0. The monoisotopic (exact) mass is 704 g/mol. The highest BCUT2D eigenvalue weighted by Crippen LogP contribution is 2.36. The zero-order chi connectivity index (χ0) is 33.2. The fraction of sp³-hybridized carbons (Fsp3) is 0.441. The van der Waals surface area contributed by atoms with Crippen molar-refractivity contribution in [1.82, 2.24) is 10.3 Å². The van der Waals surface area contributed by atoms with Crippen molar-refractivity contribution in [2.45, 2.75) is 64.8 Å². The van der Waals surface area contributed by atoms with Crippen molar-refractivity contribution in [1.29, 1.82) is 0 Å². The van der Waals surface area contributed by atoms with Crippen molar-refractivity contribution in [3.05, 3.63) is 58.7 Å². The number of carbonyl (C=O) groups excluding carboxylic acids is 4. The zero-order valence-electron chi connectivity index (χ0n) is 26.6. The maximum Gasteiger partial charge on any atom is 0.252 e. The van der Waals surface area contributed by atoms with E-state index < -0.39 is 11.9 Å². The molecule has 47 heavy (non-hydrogen) atoms. The highest BCUT2D eigenvalue weighted by atomic mass is 35.5. The summed E-state index contributed by atoms with van der Waals surface area (Å²) in [5.74, 6) is 1.19. The van der Waals surface area contributed by atoms with Crippen LogP contribution >= 0.6 is 35.8 Å². The molecule has 0 aliphatic heterocycles. The van der Waals surface area contributed by atoms with Gasteiger partial charge in [0.1, 0.15) is 23.0 Å². The Hall–Kier alpha value is -3.38. The molecule has 0 radical (unpaired) electrons. The van der Waals surface area contributed by atoms with Gasteiger partial charge in [-0.05, 0) is 73.8 Å². The molecule has 1 aliphatic rings. The molecule has 0 unspecified atom stereocenters. The van der Waals surface area contributed by atoms with Crippen LogP contribution in [0, 0.1) is 11.8 Å².